The smallest absolute Gasteiger partial charge is 0.235 e. The van der Waals surface area contributed by atoms with E-state index >= 15 is 0 Å². The van der Waals surface area contributed by atoms with Crippen molar-refractivity contribution in [3.05, 3.63) is 59.3 Å². The molecule has 2 aliphatic rings. The molecule has 2 aromatic carbocycles. The zero-order chi connectivity index (χ0) is 28.1. The molecule has 0 bridgehead atoms. The lowest BCUT2D eigenvalue weighted by molar-refractivity contribution is -0.126. The molecule has 1 saturated heterocycles. The number of carbonyl (C=O) groups is 2. The SMILES string of the molecule is COc1ccc2c(c1)c1c(n2CCCO[Si](C)(C)C(C)(C)C)CC(c2ccccc2OC)C2C(=O)NC(=O)C12. The molecule has 2 heterocycles. The van der Waals surface area contributed by atoms with Crippen LogP contribution in [0.3, 0.4) is 0 Å². The second-order valence-electron chi connectivity index (χ2n) is 12.3. The molecule has 1 fully saturated rings. The Balaban J connectivity index is 1.59. The van der Waals surface area contributed by atoms with E-state index in [-0.39, 0.29) is 22.8 Å². The first kappa shape index (κ1) is 27.5. The van der Waals surface area contributed by atoms with Gasteiger partial charge in [-0.3, -0.25) is 14.9 Å². The number of methoxy groups -OCH3 is 2. The Morgan fingerprint density at radius 2 is 1.77 bits per heavy atom. The Kier molecular flexibility index (Phi) is 7.14. The van der Waals surface area contributed by atoms with E-state index in [1.165, 1.54) is 0 Å². The van der Waals surface area contributed by atoms with Crippen LogP contribution < -0.4 is 14.8 Å². The molecule has 0 spiro atoms. The number of nitrogens with one attached hydrogen (secondary N) is 1. The number of amides is 2. The molecule has 3 unspecified atom stereocenters. The van der Waals surface area contributed by atoms with Gasteiger partial charge < -0.3 is 18.5 Å². The van der Waals surface area contributed by atoms with Crippen LogP contribution in [0.25, 0.3) is 10.9 Å². The molecule has 8 heteroatoms. The first-order chi connectivity index (χ1) is 18.5. The van der Waals surface area contributed by atoms with Gasteiger partial charge in [0.2, 0.25) is 11.8 Å². The summed E-state index contributed by atoms with van der Waals surface area (Å²) in [5, 5.41) is 3.78. The van der Waals surface area contributed by atoms with Gasteiger partial charge in [-0.2, -0.15) is 0 Å². The number of ether oxygens (including phenoxy) is 2. The van der Waals surface area contributed by atoms with Gasteiger partial charge in [0.15, 0.2) is 8.32 Å². The van der Waals surface area contributed by atoms with Crippen LogP contribution in [0.1, 0.15) is 55.8 Å². The minimum Gasteiger partial charge on any atom is -0.497 e. The molecule has 0 radical (unpaired) electrons. The summed E-state index contributed by atoms with van der Waals surface area (Å²) in [6.07, 6.45) is 1.49. The number of imide groups is 1. The predicted octanol–water partition coefficient (Wildman–Crippen LogP) is 5.77. The van der Waals surface area contributed by atoms with Crippen LogP contribution in [0.5, 0.6) is 11.5 Å². The Morgan fingerprint density at radius 1 is 1.03 bits per heavy atom. The van der Waals surface area contributed by atoms with E-state index in [1.54, 1.807) is 14.2 Å². The molecule has 3 aromatic rings. The van der Waals surface area contributed by atoms with Gasteiger partial charge in [-0.05, 0) is 66.4 Å². The van der Waals surface area contributed by atoms with Gasteiger partial charge in [0.05, 0.1) is 26.1 Å². The van der Waals surface area contributed by atoms with Crippen molar-refractivity contribution in [2.75, 3.05) is 20.8 Å². The highest BCUT2D eigenvalue weighted by atomic mass is 28.4. The Hall–Kier alpha value is -3.10. The Morgan fingerprint density at radius 3 is 2.46 bits per heavy atom. The van der Waals surface area contributed by atoms with E-state index in [2.05, 4.69) is 49.8 Å². The second kappa shape index (κ2) is 10.1. The van der Waals surface area contributed by atoms with Crippen molar-refractivity contribution in [1.29, 1.82) is 0 Å². The van der Waals surface area contributed by atoms with Crippen molar-refractivity contribution < 1.29 is 23.5 Å². The number of aromatic nitrogens is 1. The number of benzene rings is 2. The predicted molar refractivity (Wildman–Crippen MR) is 155 cm³/mol. The first-order valence-corrected chi connectivity index (χ1v) is 16.7. The fourth-order valence-corrected chi connectivity index (χ4v) is 7.15. The summed E-state index contributed by atoms with van der Waals surface area (Å²) in [6, 6.07) is 13.9. The van der Waals surface area contributed by atoms with Crippen molar-refractivity contribution in [1.82, 2.24) is 9.88 Å². The summed E-state index contributed by atoms with van der Waals surface area (Å²) >= 11 is 0. The van der Waals surface area contributed by atoms with Crippen LogP contribution in [-0.4, -0.2) is 45.5 Å². The lowest BCUT2D eigenvalue weighted by Gasteiger charge is -2.36. The van der Waals surface area contributed by atoms with Crippen LogP contribution in [0, 0.1) is 5.92 Å². The highest BCUT2D eigenvalue weighted by Gasteiger charge is 2.53. The summed E-state index contributed by atoms with van der Waals surface area (Å²) in [6.45, 7) is 12.8. The molecule has 1 N–H and O–H groups in total. The topological polar surface area (TPSA) is 78.8 Å². The summed E-state index contributed by atoms with van der Waals surface area (Å²) in [4.78, 5) is 26.6. The van der Waals surface area contributed by atoms with Gasteiger partial charge in [0.25, 0.3) is 0 Å². The highest BCUT2D eigenvalue weighted by molar-refractivity contribution is 6.74. The fraction of sp³-hybridized carbons (Fsp3) is 0.484. The monoisotopic (exact) mass is 548 g/mol. The molecule has 2 amide bonds. The number of nitrogens with zero attached hydrogens (tertiary/aromatic N) is 1. The van der Waals surface area contributed by atoms with E-state index in [4.69, 9.17) is 13.9 Å². The Bertz CT molecular complexity index is 1420. The summed E-state index contributed by atoms with van der Waals surface area (Å²) < 4.78 is 20.1. The van der Waals surface area contributed by atoms with Crippen molar-refractivity contribution in [2.45, 2.75) is 70.1 Å². The highest BCUT2D eigenvalue weighted by Crippen LogP contribution is 2.52. The maximum atomic E-state index is 13.4. The van der Waals surface area contributed by atoms with E-state index in [9.17, 15) is 9.59 Å². The molecule has 7 nitrogen and oxygen atoms in total. The van der Waals surface area contributed by atoms with Gasteiger partial charge in [-0.15, -0.1) is 0 Å². The minimum absolute atomic E-state index is 0.155. The number of para-hydroxylation sites is 1. The van der Waals surface area contributed by atoms with Crippen molar-refractivity contribution in [2.24, 2.45) is 5.92 Å². The zero-order valence-corrected chi connectivity index (χ0v) is 25.1. The molecule has 3 atom stereocenters. The largest absolute Gasteiger partial charge is 0.497 e. The number of carbonyl (C=O) groups excluding carboxylic acids is 2. The van der Waals surface area contributed by atoms with Crippen molar-refractivity contribution in [3.8, 4) is 11.5 Å². The number of rotatable bonds is 8. The maximum absolute atomic E-state index is 13.4. The third-order valence-corrected chi connectivity index (χ3v) is 13.6. The molecule has 1 aromatic heterocycles. The van der Waals surface area contributed by atoms with Gasteiger partial charge in [-0.25, -0.2) is 0 Å². The minimum atomic E-state index is -1.85. The van der Waals surface area contributed by atoms with Crippen LogP contribution >= 0.6 is 0 Å². The standard InChI is InChI=1S/C31H40N2O5Si/c1-31(2,3)39(6,7)38-16-10-15-33-23-14-13-19(36-4)17-22(23)26-24(33)18-21(20-11-8-9-12-25(20)37-5)27-28(26)30(35)32-29(27)34/h8-9,11-14,17,21,27-28H,10,15-16,18H2,1-7H3,(H,32,34,35). The molecule has 1 aliphatic carbocycles. The van der Waals surface area contributed by atoms with E-state index in [1.807, 2.05) is 36.4 Å². The van der Waals surface area contributed by atoms with Crippen molar-refractivity contribution in [3.63, 3.8) is 0 Å². The molecule has 0 saturated carbocycles. The van der Waals surface area contributed by atoms with E-state index < -0.39 is 20.2 Å². The van der Waals surface area contributed by atoms with Crippen LogP contribution in [-0.2, 0) is 27.0 Å². The van der Waals surface area contributed by atoms with Gasteiger partial charge >= 0.3 is 0 Å². The average molecular weight is 549 g/mol. The number of aryl methyl sites for hydroxylation is 1. The normalized spacial score (nSPS) is 21.1. The number of hydrogen-bond acceptors (Lipinski definition) is 5. The van der Waals surface area contributed by atoms with E-state index in [0.29, 0.717) is 13.0 Å². The quantitative estimate of drug-likeness (QED) is 0.220. The van der Waals surface area contributed by atoms with Gasteiger partial charge in [0, 0.05) is 35.7 Å². The van der Waals surface area contributed by atoms with Crippen LogP contribution in [0.4, 0.5) is 0 Å². The summed E-state index contributed by atoms with van der Waals surface area (Å²) in [5.74, 6) is -0.199. The fourth-order valence-electron chi connectivity index (χ4n) is 6.06. The summed E-state index contributed by atoms with van der Waals surface area (Å²) in [7, 11) is 1.45. The van der Waals surface area contributed by atoms with E-state index in [0.717, 1.165) is 52.2 Å². The van der Waals surface area contributed by atoms with Gasteiger partial charge in [-0.1, -0.05) is 39.0 Å². The zero-order valence-electron chi connectivity index (χ0n) is 24.1. The summed E-state index contributed by atoms with van der Waals surface area (Å²) in [5.41, 5.74) is 4.07. The third kappa shape index (κ3) is 4.67. The number of fused-ring (bicyclic) bond motifs is 5. The average Bonchev–Trinajstić information content (AvgIpc) is 3.37. The Labute approximate surface area is 231 Å². The second-order valence-corrected chi connectivity index (χ2v) is 17.1. The first-order valence-electron chi connectivity index (χ1n) is 13.8. The van der Waals surface area contributed by atoms with Crippen LogP contribution in [0.2, 0.25) is 18.1 Å². The molecule has 1 aliphatic heterocycles. The molecule has 39 heavy (non-hydrogen) atoms. The number of hydrogen-bond donors (Lipinski definition) is 1. The lowest BCUT2D eigenvalue weighted by atomic mass is 9.69. The van der Waals surface area contributed by atoms with Crippen LogP contribution in [0.15, 0.2) is 42.5 Å². The lowest BCUT2D eigenvalue weighted by Crippen LogP contribution is -2.41. The molecular formula is C31H40N2O5Si. The molecular weight excluding hydrogens is 508 g/mol. The van der Waals surface area contributed by atoms with Gasteiger partial charge in [0.1, 0.15) is 11.5 Å². The maximum Gasteiger partial charge on any atom is 0.235 e. The molecule has 208 valence electrons. The van der Waals surface area contributed by atoms with Crippen molar-refractivity contribution >= 4 is 31.0 Å². The third-order valence-electron chi connectivity index (χ3n) is 9.10. The molecule has 5 rings (SSSR count).